The Hall–Kier alpha value is -0.570. The van der Waals surface area contributed by atoms with Gasteiger partial charge in [-0.1, -0.05) is 19.8 Å². The van der Waals surface area contributed by atoms with Gasteiger partial charge in [0.15, 0.2) is 5.60 Å². The van der Waals surface area contributed by atoms with Gasteiger partial charge in [0, 0.05) is 6.42 Å². The van der Waals surface area contributed by atoms with Crippen molar-refractivity contribution >= 4 is 5.97 Å². The highest BCUT2D eigenvalue weighted by Gasteiger charge is 2.45. The molecular formula is C9H16O3. The van der Waals surface area contributed by atoms with Crippen molar-refractivity contribution in [3.8, 4) is 0 Å². The van der Waals surface area contributed by atoms with Gasteiger partial charge in [0.25, 0.3) is 0 Å². The van der Waals surface area contributed by atoms with E-state index in [0.717, 1.165) is 12.8 Å². The zero-order chi connectivity index (χ0) is 9.19. The maximum Gasteiger partial charge on any atom is 0.338 e. The van der Waals surface area contributed by atoms with E-state index in [4.69, 9.17) is 4.74 Å². The third kappa shape index (κ3) is 1.78. The Bertz CT molecular complexity index is 179. The van der Waals surface area contributed by atoms with Crippen molar-refractivity contribution in [2.75, 3.05) is 0 Å². The predicted octanol–water partition coefficient (Wildman–Crippen LogP) is 1.24. The van der Waals surface area contributed by atoms with Crippen LogP contribution in [0.15, 0.2) is 0 Å². The fourth-order valence-corrected chi connectivity index (χ4v) is 1.57. The molecule has 2 unspecified atom stereocenters. The van der Waals surface area contributed by atoms with Crippen molar-refractivity contribution in [2.45, 2.75) is 51.2 Å². The highest BCUT2D eigenvalue weighted by molar-refractivity contribution is 5.81. The lowest BCUT2D eigenvalue weighted by molar-refractivity contribution is -0.155. The molecule has 0 spiro atoms. The first-order valence-electron chi connectivity index (χ1n) is 4.52. The summed E-state index contributed by atoms with van der Waals surface area (Å²) < 4.78 is 4.88. The van der Waals surface area contributed by atoms with Gasteiger partial charge in [0.1, 0.15) is 6.10 Å². The Morgan fingerprint density at radius 2 is 2.42 bits per heavy atom. The van der Waals surface area contributed by atoms with E-state index in [-0.39, 0.29) is 6.10 Å². The van der Waals surface area contributed by atoms with Gasteiger partial charge in [-0.25, -0.2) is 4.79 Å². The van der Waals surface area contributed by atoms with Gasteiger partial charge in [0.2, 0.25) is 0 Å². The quantitative estimate of drug-likeness (QED) is 0.651. The predicted molar refractivity (Wildman–Crippen MR) is 44.6 cm³/mol. The molecule has 0 bridgehead atoms. The third-order valence-corrected chi connectivity index (χ3v) is 2.26. The van der Waals surface area contributed by atoms with Crippen LogP contribution in [-0.2, 0) is 9.53 Å². The molecule has 0 aromatic rings. The number of hydrogen-bond donors (Lipinski definition) is 1. The van der Waals surface area contributed by atoms with Crippen LogP contribution in [0.1, 0.15) is 39.5 Å². The molecular weight excluding hydrogens is 156 g/mol. The number of cyclic esters (lactones) is 1. The number of rotatable bonds is 3. The average molecular weight is 172 g/mol. The number of esters is 1. The smallest absolute Gasteiger partial charge is 0.338 e. The molecule has 0 radical (unpaired) electrons. The molecule has 3 nitrogen and oxygen atoms in total. The van der Waals surface area contributed by atoms with Crippen LogP contribution in [0.5, 0.6) is 0 Å². The lowest BCUT2D eigenvalue weighted by atomic mass is 9.94. The number of hydrogen-bond acceptors (Lipinski definition) is 3. The standard InChI is InChI=1S/C9H16O3/c1-3-4-5-9(11)6-7(2)12-8(9)10/h7,11H,3-6H2,1-2H3. The van der Waals surface area contributed by atoms with E-state index in [1.165, 1.54) is 0 Å². The van der Waals surface area contributed by atoms with Crippen LogP contribution < -0.4 is 0 Å². The molecule has 1 saturated heterocycles. The molecule has 0 amide bonds. The van der Waals surface area contributed by atoms with Crippen LogP contribution in [0.3, 0.4) is 0 Å². The number of ether oxygens (including phenoxy) is 1. The summed E-state index contributed by atoms with van der Waals surface area (Å²) in [5.74, 6) is -0.441. The van der Waals surface area contributed by atoms with Crippen LogP contribution in [-0.4, -0.2) is 22.8 Å². The van der Waals surface area contributed by atoms with Crippen LogP contribution in [0.25, 0.3) is 0 Å². The maximum absolute atomic E-state index is 11.1. The number of unbranched alkanes of at least 4 members (excludes halogenated alkanes) is 1. The normalized spacial score (nSPS) is 35.2. The minimum absolute atomic E-state index is 0.126. The summed E-state index contributed by atoms with van der Waals surface area (Å²) in [7, 11) is 0. The van der Waals surface area contributed by atoms with Gasteiger partial charge in [0.05, 0.1) is 0 Å². The monoisotopic (exact) mass is 172 g/mol. The van der Waals surface area contributed by atoms with E-state index in [0.29, 0.717) is 12.8 Å². The Balaban J connectivity index is 2.52. The van der Waals surface area contributed by atoms with E-state index in [2.05, 4.69) is 0 Å². The second-order valence-electron chi connectivity index (χ2n) is 3.56. The third-order valence-electron chi connectivity index (χ3n) is 2.26. The summed E-state index contributed by atoms with van der Waals surface area (Å²) in [4.78, 5) is 11.1. The summed E-state index contributed by atoms with van der Waals surface area (Å²) in [6.45, 7) is 3.84. The lowest BCUT2D eigenvalue weighted by Gasteiger charge is -2.16. The summed E-state index contributed by atoms with van der Waals surface area (Å²) >= 11 is 0. The second-order valence-corrected chi connectivity index (χ2v) is 3.56. The van der Waals surface area contributed by atoms with Crippen LogP contribution in [0, 0.1) is 0 Å². The first-order valence-corrected chi connectivity index (χ1v) is 4.52. The molecule has 1 rings (SSSR count). The van der Waals surface area contributed by atoms with Crippen LogP contribution in [0.2, 0.25) is 0 Å². The maximum atomic E-state index is 11.1. The number of aliphatic hydroxyl groups is 1. The van der Waals surface area contributed by atoms with Gasteiger partial charge < -0.3 is 9.84 Å². The highest BCUT2D eigenvalue weighted by atomic mass is 16.6. The van der Waals surface area contributed by atoms with Crippen LogP contribution >= 0.6 is 0 Å². The first kappa shape index (κ1) is 9.52. The topological polar surface area (TPSA) is 46.5 Å². The van der Waals surface area contributed by atoms with Crippen LogP contribution in [0.4, 0.5) is 0 Å². The fraction of sp³-hybridized carbons (Fsp3) is 0.889. The Morgan fingerprint density at radius 1 is 1.75 bits per heavy atom. The zero-order valence-electron chi connectivity index (χ0n) is 7.67. The summed E-state index contributed by atoms with van der Waals surface area (Å²) in [5, 5.41) is 9.79. The zero-order valence-corrected chi connectivity index (χ0v) is 7.67. The Morgan fingerprint density at radius 3 is 2.83 bits per heavy atom. The van der Waals surface area contributed by atoms with Crippen molar-refractivity contribution < 1.29 is 14.6 Å². The number of carbonyl (C=O) groups excluding carboxylic acids is 1. The van der Waals surface area contributed by atoms with E-state index >= 15 is 0 Å². The number of carbonyl (C=O) groups is 1. The van der Waals surface area contributed by atoms with E-state index in [1.807, 2.05) is 13.8 Å². The summed E-state index contributed by atoms with van der Waals surface area (Å²) in [6.07, 6.45) is 2.72. The summed E-state index contributed by atoms with van der Waals surface area (Å²) in [5.41, 5.74) is -1.19. The molecule has 0 aromatic carbocycles. The molecule has 0 aliphatic carbocycles. The van der Waals surface area contributed by atoms with Crippen molar-refractivity contribution in [2.24, 2.45) is 0 Å². The lowest BCUT2D eigenvalue weighted by Crippen LogP contribution is -2.33. The molecule has 1 fully saturated rings. The molecule has 0 saturated carbocycles. The van der Waals surface area contributed by atoms with Gasteiger partial charge in [-0.05, 0) is 13.3 Å². The molecule has 3 heteroatoms. The largest absolute Gasteiger partial charge is 0.460 e. The van der Waals surface area contributed by atoms with Gasteiger partial charge in [-0.2, -0.15) is 0 Å². The van der Waals surface area contributed by atoms with Gasteiger partial charge in [-0.15, -0.1) is 0 Å². The molecule has 2 atom stereocenters. The van der Waals surface area contributed by atoms with Crippen molar-refractivity contribution in [3.63, 3.8) is 0 Å². The molecule has 70 valence electrons. The Kier molecular flexibility index (Phi) is 2.73. The van der Waals surface area contributed by atoms with E-state index in [9.17, 15) is 9.90 Å². The molecule has 1 heterocycles. The molecule has 1 aliphatic rings. The highest BCUT2D eigenvalue weighted by Crippen LogP contribution is 2.29. The van der Waals surface area contributed by atoms with Crippen molar-refractivity contribution in [1.29, 1.82) is 0 Å². The summed E-state index contributed by atoms with van der Waals surface area (Å²) in [6, 6.07) is 0. The Labute approximate surface area is 72.7 Å². The van der Waals surface area contributed by atoms with E-state index in [1.54, 1.807) is 0 Å². The minimum atomic E-state index is -1.19. The molecule has 1 aliphatic heterocycles. The molecule has 12 heavy (non-hydrogen) atoms. The van der Waals surface area contributed by atoms with Gasteiger partial charge >= 0.3 is 5.97 Å². The van der Waals surface area contributed by atoms with Gasteiger partial charge in [-0.3, -0.25) is 0 Å². The van der Waals surface area contributed by atoms with E-state index < -0.39 is 11.6 Å². The SMILES string of the molecule is CCCCC1(O)CC(C)OC1=O. The first-order chi connectivity index (χ1) is 5.58. The minimum Gasteiger partial charge on any atom is -0.460 e. The second kappa shape index (κ2) is 3.44. The van der Waals surface area contributed by atoms with Crippen molar-refractivity contribution in [1.82, 2.24) is 0 Å². The molecule has 1 N–H and O–H groups in total. The van der Waals surface area contributed by atoms with Crippen molar-refractivity contribution in [3.05, 3.63) is 0 Å². The fourth-order valence-electron chi connectivity index (χ4n) is 1.57. The molecule has 0 aromatic heterocycles. The average Bonchev–Trinajstić information content (AvgIpc) is 2.23.